The second kappa shape index (κ2) is 4.03. The van der Waals surface area contributed by atoms with Gasteiger partial charge in [0, 0.05) is 6.07 Å². The number of nitroso groups, excluding NO2 is 1. The van der Waals surface area contributed by atoms with Crippen LogP contribution in [0.25, 0.3) is 0 Å². The molecule has 0 atom stereocenters. The lowest BCUT2D eigenvalue weighted by atomic mass is 10.2. The normalized spacial score (nSPS) is 11.6. The molecule has 5 heteroatoms. The molecule has 0 amide bonds. The molecule has 90 valence electrons. The molecule has 18 heavy (non-hydrogen) atoms. The highest BCUT2D eigenvalue weighted by atomic mass is 16.6. The van der Waals surface area contributed by atoms with E-state index < -0.39 is 0 Å². The van der Waals surface area contributed by atoms with Gasteiger partial charge in [-0.2, -0.15) is 0 Å². The summed E-state index contributed by atoms with van der Waals surface area (Å²) in [6.07, 6.45) is 0. The largest absolute Gasteiger partial charge is 0.493 e. The monoisotopic (exact) mass is 243 g/mol. The van der Waals surface area contributed by atoms with Gasteiger partial charge in [0.25, 0.3) is 0 Å². The zero-order chi connectivity index (χ0) is 12.5. The summed E-state index contributed by atoms with van der Waals surface area (Å²) in [5.41, 5.74) is 0.295. The Balaban J connectivity index is 2.08. The van der Waals surface area contributed by atoms with Crippen molar-refractivity contribution in [2.45, 2.75) is 0 Å². The van der Waals surface area contributed by atoms with Gasteiger partial charge in [0.05, 0.1) is 7.11 Å². The molecule has 0 saturated carbocycles. The standard InChI is InChI=1S/C13H9NO4/c1-16-10-3-2-4-11-13(10)18-9-6-5-8(14-15)7-12(9)17-11/h2-7H,1H3. The maximum Gasteiger partial charge on any atom is 0.211 e. The number of fused-ring (bicyclic) bond motifs is 2. The third-order valence-electron chi connectivity index (χ3n) is 2.63. The molecule has 0 aromatic heterocycles. The van der Waals surface area contributed by atoms with E-state index in [0.29, 0.717) is 34.4 Å². The first-order valence-electron chi connectivity index (χ1n) is 5.32. The van der Waals surface area contributed by atoms with Crippen LogP contribution in [-0.2, 0) is 0 Å². The van der Waals surface area contributed by atoms with E-state index in [1.165, 1.54) is 6.07 Å². The Kier molecular flexibility index (Phi) is 2.37. The van der Waals surface area contributed by atoms with Gasteiger partial charge in [-0.25, -0.2) is 0 Å². The molecule has 1 aliphatic rings. The van der Waals surface area contributed by atoms with Crippen LogP contribution >= 0.6 is 0 Å². The van der Waals surface area contributed by atoms with Crippen LogP contribution in [0.2, 0.25) is 0 Å². The Morgan fingerprint density at radius 2 is 1.94 bits per heavy atom. The number of hydrogen-bond acceptors (Lipinski definition) is 5. The molecular formula is C13H9NO4. The topological polar surface area (TPSA) is 57.1 Å². The second-order valence-electron chi connectivity index (χ2n) is 3.71. The fourth-order valence-corrected chi connectivity index (χ4v) is 1.78. The highest BCUT2D eigenvalue weighted by Crippen LogP contribution is 2.50. The average Bonchev–Trinajstić information content (AvgIpc) is 2.43. The number of para-hydroxylation sites is 1. The zero-order valence-corrected chi connectivity index (χ0v) is 9.54. The molecule has 5 nitrogen and oxygen atoms in total. The van der Waals surface area contributed by atoms with E-state index in [4.69, 9.17) is 14.2 Å². The van der Waals surface area contributed by atoms with Crippen LogP contribution in [-0.4, -0.2) is 7.11 Å². The molecule has 0 bridgehead atoms. The van der Waals surface area contributed by atoms with Crippen molar-refractivity contribution >= 4 is 5.69 Å². The number of rotatable bonds is 2. The summed E-state index contributed by atoms with van der Waals surface area (Å²) in [6, 6.07) is 10.1. The number of methoxy groups -OCH3 is 1. The molecule has 2 aromatic rings. The maximum absolute atomic E-state index is 10.5. The smallest absolute Gasteiger partial charge is 0.211 e. The number of benzene rings is 2. The van der Waals surface area contributed by atoms with Crippen molar-refractivity contribution in [1.82, 2.24) is 0 Å². The van der Waals surface area contributed by atoms with E-state index in [1.807, 2.05) is 0 Å². The molecule has 1 aliphatic heterocycles. The number of nitrogens with zero attached hydrogens (tertiary/aromatic N) is 1. The summed E-state index contributed by atoms with van der Waals surface area (Å²) in [5, 5.41) is 2.86. The summed E-state index contributed by atoms with van der Waals surface area (Å²) in [6.45, 7) is 0. The predicted molar refractivity (Wildman–Crippen MR) is 65.0 cm³/mol. The van der Waals surface area contributed by atoms with Crippen LogP contribution < -0.4 is 14.2 Å². The first-order valence-corrected chi connectivity index (χ1v) is 5.32. The Morgan fingerprint density at radius 1 is 1.06 bits per heavy atom. The van der Waals surface area contributed by atoms with Gasteiger partial charge in [0.1, 0.15) is 5.69 Å². The number of ether oxygens (including phenoxy) is 3. The first kappa shape index (κ1) is 10.6. The molecule has 0 fully saturated rings. The van der Waals surface area contributed by atoms with Gasteiger partial charge in [0.2, 0.25) is 5.75 Å². The first-order chi connectivity index (χ1) is 8.81. The van der Waals surface area contributed by atoms with E-state index in [9.17, 15) is 4.91 Å². The van der Waals surface area contributed by atoms with Gasteiger partial charge in [-0.15, -0.1) is 4.91 Å². The van der Waals surface area contributed by atoms with Gasteiger partial charge in [-0.05, 0) is 29.4 Å². The average molecular weight is 243 g/mol. The maximum atomic E-state index is 10.5. The van der Waals surface area contributed by atoms with Gasteiger partial charge in [0.15, 0.2) is 23.0 Å². The van der Waals surface area contributed by atoms with Gasteiger partial charge < -0.3 is 14.2 Å². The predicted octanol–water partition coefficient (Wildman–Crippen LogP) is 3.99. The summed E-state index contributed by atoms with van der Waals surface area (Å²) in [5.74, 6) is 2.66. The van der Waals surface area contributed by atoms with Crippen LogP contribution in [0.15, 0.2) is 41.6 Å². The Hall–Kier alpha value is -2.56. The summed E-state index contributed by atoms with van der Waals surface area (Å²) in [4.78, 5) is 10.5. The zero-order valence-electron chi connectivity index (χ0n) is 9.54. The molecule has 3 rings (SSSR count). The lowest BCUT2D eigenvalue weighted by Gasteiger charge is -2.21. The van der Waals surface area contributed by atoms with E-state index in [1.54, 1.807) is 37.4 Å². The minimum absolute atomic E-state index is 0.295. The third-order valence-corrected chi connectivity index (χ3v) is 2.63. The summed E-state index contributed by atoms with van der Waals surface area (Å²) < 4.78 is 16.6. The van der Waals surface area contributed by atoms with Crippen molar-refractivity contribution in [1.29, 1.82) is 0 Å². The quantitative estimate of drug-likeness (QED) is 0.638. The van der Waals surface area contributed by atoms with Gasteiger partial charge in [-0.1, -0.05) is 6.07 Å². The van der Waals surface area contributed by atoms with Crippen molar-refractivity contribution in [2.24, 2.45) is 5.18 Å². The van der Waals surface area contributed by atoms with Crippen molar-refractivity contribution in [3.8, 4) is 28.7 Å². The molecule has 0 radical (unpaired) electrons. The van der Waals surface area contributed by atoms with E-state index in [0.717, 1.165) is 0 Å². The van der Waals surface area contributed by atoms with E-state index in [-0.39, 0.29) is 0 Å². The fourth-order valence-electron chi connectivity index (χ4n) is 1.78. The van der Waals surface area contributed by atoms with E-state index in [2.05, 4.69) is 5.18 Å². The Labute approximate surface area is 103 Å². The SMILES string of the molecule is COc1cccc2c1Oc1ccc(N=O)cc1O2. The number of hydrogen-bond donors (Lipinski definition) is 0. The van der Waals surface area contributed by atoms with Crippen molar-refractivity contribution in [3.63, 3.8) is 0 Å². The van der Waals surface area contributed by atoms with Crippen LogP contribution in [0.4, 0.5) is 5.69 Å². The Bertz CT molecular complexity index is 624. The molecule has 0 unspecified atom stereocenters. The molecule has 0 aliphatic carbocycles. The highest BCUT2D eigenvalue weighted by Gasteiger charge is 2.22. The minimum Gasteiger partial charge on any atom is -0.493 e. The fraction of sp³-hybridized carbons (Fsp3) is 0.0769. The van der Waals surface area contributed by atoms with Crippen molar-refractivity contribution in [3.05, 3.63) is 41.3 Å². The van der Waals surface area contributed by atoms with Gasteiger partial charge >= 0.3 is 0 Å². The summed E-state index contributed by atoms with van der Waals surface area (Å²) >= 11 is 0. The minimum atomic E-state index is 0.295. The van der Waals surface area contributed by atoms with Crippen LogP contribution in [0, 0.1) is 4.91 Å². The third kappa shape index (κ3) is 1.57. The van der Waals surface area contributed by atoms with E-state index >= 15 is 0 Å². The molecule has 0 spiro atoms. The highest BCUT2D eigenvalue weighted by molar-refractivity contribution is 5.62. The van der Waals surface area contributed by atoms with Crippen molar-refractivity contribution < 1.29 is 14.2 Å². The molecule has 0 N–H and O–H groups in total. The summed E-state index contributed by atoms with van der Waals surface area (Å²) in [7, 11) is 1.56. The lowest BCUT2D eigenvalue weighted by molar-refractivity contribution is 0.328. The second-order valence-corrected chi connectivity index (χ2v) is 3.71. The van der Waals surface area contributed by atoms with Crippen LogP contribution in [0.1, 0.15) is 0 Å². The molecule has 0 saturated heterocycles. The van der Waals surface area contributed by atoms with Crippen molar-refractivity contribution in [2.75, 3.05) is 7.11 Å². The lowest BCUT2D eigenvalue weighted by Crippen LogP contribution is -2.00. The van der Waals surface area contributed by atoms with Gasteiger partial charge in [-0.3, -0.25) is 0 Å². The Morgan fingerprint density at radius 3 is 2.72 bits per heavy atom. The molecule has 2 aromatic carbocycles. The molecular weight excluding hydrogens is 234 g/mol. The van der Waals surface area contributed by atoms with Crippen LogP contribution in [0.5, 0.6) is 28.7 Å². The molecule has 1 heterocycles. The van der Waals surface area contributed by atoms with Crippen LogP contribution in [0.3, 0.4) is 0 Å².